The Kier molecular flexibility index (Phi) is 66.6. The molecule has 0 rings (SSSR count). The van der Waals surface area contributed by atoms with Crippen molar-refractivity contribution in [1.29, 1.82) is 0 Å². The fourth-order valence-electron chi connectivity index (χ4n) is 10.4. The normalized spacial score (nSPS) is 12.5. The number of unbranched alkanes of at least 4 members (excludes halogenated alkanes) is 42. The first-order valence-electron chi connectivity index (χ1n) is 35.4. The lowest BCUT2D eigenvalue weighted by Gasteiger charge is -2.18. The molecule has 1 unspecified atom stereocenters. The highest BCUT2D eigenvalue weighted by atomic mass is 16.6. The van der Waals surface area contributed by atoms with Crippen LogP contribution in [0.25, 0.3) is 0 Å². The molecule has 6 heteroatoms. The molecule has 0 aromatic heterocycles. The number of rotatable bonds is 65. The van der Waals surface area contributed by atoms with Crippen LogP contribution in [-0.4, -0.2) is 37.2 Å². The molecule has 0 aliphatic rings. The van der Waals surface area contributed by atoms with Crippen molar-refractivity contribution < 1.29 is 28.6 Å². The summed E-state index contributed by atoms with van der Waals surface area (Å²) in [5.74, 6) is -0.859. The van der Waals surface area contributed by atoms with Crippen LogP contribution in [0.2, 0.25) is 0 Å². The second-order valence-corrected chi connectivity index (χ2v) is 23.8. The van der Waals surface area contributed by atoms with Crippen molar-refractivity contribution in [3.05, 3.63) is 72.9 Å². The van der Waals surface area contributed by atoms with Crippen LogP contribution in [0, 0.1) is 0 Å². The largest absolute Gasteiger partial charge is 0.462 e. The number of hydrogen-bond acceptors (Lipinski definition) is 6. The molecule has 6 nitrogen and oxygen atoms in total. The summed E-state index contributed by atoms with van der Waals surface area (Å²) in [6, 6.07) is 0. The first kappa shape index (κ1) is 77.9. The van der Waals surface area contributed by atoms with Crippen LogP contribution >= 0.6 is 0 Å². The summed E-state index contributed by atoms with van der Waals surface area (Å²) < 4.78 is 17.0. The Morgan fingerprint density at radius 1 is 0.259 bits per heavy atom. The van der Waals surface area contributed by atoms with Crippen molar-refractivity contribution >= 4 is 17.9 Å². The summed E-state index contributed by atoms with van der Waals surface area (Å²) in [5.41, 5.74) is 0. The molecule has 0 aromatic carbocycles. The highest BCUT2D eigenvalue weighted by Crippen LogP contribution is 2.18. The van der Waals surface area contributed by atoms with Crippen molar-refractivity contribution in [2.75, 3.05) is 13.2 Å². The minimum absolute atomic E-state index is 0.0750. The molecule has 0 amide bonds. The van der Waals surface area contributed by atoms with Crippen LogP contribution in [0.3, 0.4) is 0 Å². The number of carbonyl (C=O) groups is 3. The molecule has 0 bridgehead atoms. The molecule has 0 saturated heterocycles. The lowest BCUT2D eigenvalue weighted by Crippen LogP contribution is -2.30. The molecule has 0 heterocycles. The van der Waals surface area contributed by atoms with E-state index in [4.69, 9.17) is 14.2 Å². The van der Waals surface area contributed by atoms with Crippen molar-refractivity contribution in [2.24, 2.45) is 0 Å². The Morgan fingerprint density at radius 3 is 0.778 bits per heavy atom. The van der Waals surface area contributed by atoms with E-state index in [2.05, 4.69) is 93.7 Å². The topological polar surface area (TPSA) is 78.9 Å². The zero-order valence-electron chi connectivity index (χ0n) is 54.1. The Morgan fingerprint density at radius 2 is 0.481 bits per heavy atom. The molecule has 1 atom stereocenters. The lowest BCUT2D eigenvalue weighted by atomic mass is 10.0. The molecular weight excluding hydrogens is 997 g/mol. The molecule has 0 saturated carbocycles. The van der Waals surface area contributed by atoms with E-state index in [1.807, 2.05) is 0 Å². The highest BCUT2D eigenvalue weighted by Gasteiger charge is 2.19. The molecule has 0 fully saturated rings. The average molecular weight is 1130 g/mol. The SMILES string of the molecule is CC/C=C\C/C=C\C/C=C\C/C=C\CCCCCCCCCCCCC(=O)OCC(COC(=O)CCCCCCCCCCC/C=C\C/C=C\CCCCC)OC(=O)CCCCCCCCCCCCCCCCCCCCCCC. The monoisotopic (exact) mass is 1130 g/mol. The van der Waals surface area contributed by atoms with Gasteiger partial charge in [-0.15, -0.1) is 0 Å². The van der Waals surface area contributed by atoms with Crippen LogP contribution in [0.5, 0.6) is 0 Å². The Bertz CT molecular complexity index is 1490. The van der Waals surface area contributed by atoms with E-state index in [-0.39, 0.29) is 31.1 Å². The van der Waals surface area contributed by atoms with Crippen molar-refractivity contribution in [3.8, 4) is 0 Å². The zero-order valence-corrected chi connectivity index (χ0v) is 54.1. The maximum atomic E-state index is 13.0. The molecule has 81 heavy (non-hydrogen) atoms. The van der Waals surface area contributed by atoms with Gasteiger partial charge in [-0.25, -0.2) is 0 Å². The predicted molar refractivity (Wildman–Crippen MR) is 353 cm³/mol. The van der Waals surface area contributed by atoms with Gasteiger partial charge in [-0.1, -0.05) is 331 Å². The molecule has 0 N–H and O–H groups in total. The van der Waals surface area contributed by atoms with Gasteiger partial charge in [-0.05, 0) is 89.9 Å². The summed E-state index contributed by atoms with van der Waals surface area (Å²) in [6.45, 7) is 6.56. The maximum absolute atomic E-state index is 13.0. The number of ether oxygens (including phenoxy) is 3. The van der Waals surface area contributed by atoms with Gasteiger partial charge in [0.1, 0.15) is 13.2 Å². The quantitative estimate of drug-likeness (QED) is 0.0261. The van der Waals surface area contributed by atoms with Crippen molar-refractivity contribution in [1.82, 2.24) is 0 Å². The van der Waals surface area contributed by atoms with Crippen LogP contribution in [0.1, 0.15) is 367 Å². The van der Waals surface area contributed by atoms with Crippen LogP contribution in [-0.2, 0) is 28.6 Å². The summed E-state index contributed by atoms with van der Waals surface area (Å²) in [5, 5.41) is 0. The zero-order chi connectivity index (χ0) is 58.5. The van der Waals surface area contributed by atoms with Gasteiger partial charge in [0.05, 0.1) is 0 Å². The summed E-state index contributed by atoms with van der Waals surface area (Å²) in [7, 11) is 0. The Labute approximate surface area is 503 Å². The summed E-state index contributed by atoms with van der Waals surface area (Å²) in [6.07, 6.45) is 90.6. The number of esters is 3. The van der Waals surface area contributed by atoms with E-state index >= 15 is 0 Å². The number of hydrogen-bond donors (Lipinski definition) is 0. The second kappa shape index (κ2) is 69.3. The molecule has 470 valence electrons. The minimum atomic E-state index is -0.779. The van der Waals surface area contributed by atoms with Gasteiger partial charge in [-0.3, -0.25) is 14.4 Å². The smallest absolute Gasteiger partial charge is 0.306 e. The molecule has 0 aliphatic carbocycles. The summed E-state index contributed by atoms with van der Waals surface area (Å²) >= 11 is 0. The highest BCUT2D eigenvalue weighted by molar-refractivity contribution is 5.71. The van der Waals surface area contributed by atoms with Gasteiger partial charge in [0.15, 0.2) is 6.10 Å². The van der Waals surface area contributed by atoms with Crippen molar-refractivity contribution in [3.63, 3.8) is 0 Å². The van der Waals surface area contributed by atoms with Gasteiger partial charge < -0.3 is 14.2 Å². The molecule has 0 spiro atoms. The van der Waals surface area contributed by atoms with E-state index in [1.54, 1.807) is 0 Å². The molecule has 0 aliphatic heterocycles. The lowest BCUT2D eigenvalue weighted by molar-refractivity contribution is -0.167. The molecule has 0 radical (unpaired) electrons. The van der Waals surface area contributed by atoms with Gasteiger partial charge >= 0.3 is 17.9 Å². The van der Waals surface area contributed by atoms with Crippen LogP contribution in [0.15, 0.2) is 72.9 Å². The van der Waals surface area contributed by atoms with E-state index in [1.165, 1.54) is 238 Å². The average Bonchev–Trinajstić information content (AvgIpc) is 3.47. The molecular formula is C75H134O6. The van der Waals surface area contributed by atoms with Crippen LogP contribution < -0.4 is 0 Å². The van der Waals surface area contributed by atoms with Crippen molar-refractivity contribution in [2.45, 2.75) is 374 Å². The molecule has 0 aromatic rings. The second-order valence-electron chi connectivity index (χ2n) is 23.8. The number of allylic oxidation sites excluding steroid dienone is 12. The van der Waals surface area contributed by atoms with Gasteiger partial charge in [0.2, 0.25) is 0 Å². The van der Waals surface area contributed by atoms with Gasteiger partial charge in [0, 0.05) is 19.3 Å². The van der Waals surface area contributed by atoms with E-state index < -0.39 is 6.10 Å². The Balaban J connectivity index is 4.35. The standard InChI is InChI=1S/C75H134O6/c1-4-7-10-13-16-19-22-25-28-31-34-36-37-39-41-44-47-50-53-56-59-62-65-68-74(77)80-71-72(70-79-73(76)67-64-61-58-55-52-49-46-43-40-33-30-27-24-21-18-15-12-9-6-3)81-75(78)69-66-63-60-57-54-51-48-45-42-38-35-32-29-26-23-20-17-14-11-8-5-2/h7,10,16,18-19,21,25,27-28,30,34,36,72H,4-6,8-9,11-15,17,20,22-24,26,29,31-33,35,37-71H2,1-3H3/b10-7-,19-16-,21-18-,28-25-,30-27-,36-34-. The third-order valence-electron chi connectivity index (χ3n) is 15.7. The third-order valence-corrected chi connectivity index (χ3v) is 15.7. The fourth-order valence-corrected chi connectivity index (χ4v) is 10.4. The summed E-state index contributed by atoms with van der Waals surface area (Å²) in [4.78, 5) is 38.5. The predicted octanol–water partition coefficient (Wildman–Crippen LogP) is 24.4. The van der Waals surface area contributed by atoms with E-state index in [0.29, 0.717) is 19.3 Å². The number of carbonyl (C=O) groups excluding carboxylic acids is 3. The minimum Gasteiger partial charge on any atom is -0.462 e. The first-order valence-corrected chi connectivity index (χ1v) is 35.4. The van der Waals surface area contributed by atoms with E-state index in [9.17, 15) is 14.4 Å². The third kappa shape index (κ3) is 67.5. The first-order chi connectivity index (χ1) is 40.0. The van der Waals surface area contributed by atoms with Gasteiger partial charge in [-0.2, -0.15) is 0 Å². The fraction of sp³-hybridized carbons (Fsp3) is 0.800. The van der Waals surface area contributed by atoms with Gasteiger partial charge in [0.25, 0.3) is 0 Å². The van der Waals surface area contributed by atoms with Crippen LogP contribution in [0.4, 0.5) is 0 Å². The van der Waals surface area contributed by atoms with E-state index in [0.717, 1.165) is 89.9 Å². The Hall–Kier alpha value is -3.15. The maximum Gasteiger partial charge on any atom is 0.306 e.